The van der Waals surface area contributed by atoms with E-state index in [9.17, 15) is 14.9 Å². The minimum atomic E-state index is -0.811. The number of nitriles is 1. The van der Waals surface area contributed by atoms with Crippen LogP contribution in [0.3, 0.4) is 0 Å². The summed E-state index contributed by atoms with van der Waals surface area (Å²) < 4.78 is 30.8. The number of rotatable bonds is 11. The van der Waals surface area contributed by atoms with Crippen LogP contribution in [0.4, 0.5) is 0 Å². The van der Waals surface area contributed by atoms with Gasteiger partial charge in [-0.25, -0.2) is 9.79 Å². The minimum absolute atomic E-state index is 0.162. The molecule has 12 heteroatoms. The molecule has 46 heavy (non-hydrogen) atoms. The molecule has 1 aromatic heterocycles. The maximum atomic E-state index is 14.0. The lowest BCUT2D eigenvalue weighted by atomic mass is 9.97. The number of carbonyl (C=O) groups excluding carboxylic acids is 1. The summed E-state index contributed by atoms with van der Waals surface area (Å²) in [6.45, 7) is 4.76. The van der Waals surface area contributed by atoms with Gasteiger partial charge in [0.05, 0.1) is 59.7 Å². The van der Waals surface area contributed by atoms with Crippen LogP contribution < -0.4 is 33.8 Å². The molecule has 236 valence electrons. The SMILES string of the molecule is CCOc1ccc([C@@H]2C(C(=O)OC)=CN=c3s/c(=C\c4cc(Br)c(OCc5ccccc5C#N)c(OC)c4)c(=O)n32)cc1OCC. The van der Waals surface area contributed by atoms with E-state index in [1.165, 1.54) is 36.3 Å². The topological polar surface area (TPSA) is 121 Å². The lowest BCUT2D eigenvalue weighted by Gasteiger charge is -2.23. The van der Waals surface area contributed by atoms with Crippen molar-refractivity contribution in [3.05, 3.63) is 113 Å². The average molecular weight is 705 g/mol. The van der Waals surface area contributed by atoms with Gasteiger partial charge in [0.15, 0.2) is 27.8 Å². The van der Waals surface area contributed by atoms with Crippen LogP contribution in [0, 0.1) is 11.3 Å². The van der Waals surface area contributed by atoms with E-state index in [2.05, 4.69) is 27.0 Å². The number of hydrogen-bond acceptors (Lipinski definition) is 10. The van der Waals surface area contributed by atoms with E-state index in [-0.39, 0.29) is 17.7 Å². The molecule has 0 amide bonds. The predicted octanol–water partition coefficient (Wildman–Crippen LogP) is 5.04. The zero-order valence-electron chi connectivity index (χ0n) is 25.5. The highest BCUT2D eigenvalue weighted by Gasteiger charge is 2.31. The van der Waals surface area contributed by atoms with E-state index in [0.717, 1.165) is 5.56 Å². The highest BCUT2D eigenvalue weighted by Crippen LogP contribution is 2.38. The first-order valence-corrected chi connectivity index (χ1v) is 15.9. The van der Waals surface area contributed by atoms with Gasteiger partial charge in [0.1, 0.15) is 6.61 Å². The minimum Gasteiger partial charge on any atom is -0.493 e. The fourth-order valence-corrected chi connectivity index (χ4v) is 6.55. The number of benzene rings is 3. The molecule has 0 radical (unpaired) electrons. The standard InChI is InChI=1S/C34H30BrN3O7S/c1-5-43-26-12-11-21(16-27(26)44-6-2)30-24(33(40)42-4)18-37-34-38(30)32(39)29(46-34)15-20-13-25(35)31(28(14-20)41-3)45-19-23-10-8-7-9-22(23)17-36/h7-16,18,30H,5-6,19H2,1-4H3/b29-15-/t30-/m1/s1. The summed E-state index contributed by atoms with van der Waals surface area (Å²) in [5, 5.41) is 9.42. The lowest BCUT2D eigenvalue weighted by Crippen LogP contribution is -2.39. The van der Waals surface area contributed by atoms with Crippen molar-refractivity contribution in [3.63, 3.8) is 0 Å². The summed E-state index contributed by atoms with van der Waals surface area (Å²) in [6.07, 6.45) is 3.17. The van der Waals surface area contributed by atoms with E-state index in [0.29, 0.717) is 66.7 Å². The van der Waals surface area contributed by atoms with E-state index < -0.39 is 12.0 Å². The second-order valence-corrected chi connectivity index (χ2v) is 11.7. The third-order valence-corrected chi connectivity index (χ3v) is 8.65. The Kier molecular flexibility index (Phi) is 10.2. The monoisotopic (exact) mass is 703 g/mol. The molecule has 10 nitrogen and oxygen atoms in total. The van der Waals surface area contributed by atoms with Crippen molar-refractivity contribution in [2.24, 2.45) is 4.99 Å². The van der Waals surface area contributed by atoms with Gasteiger partial charge in [-0.2, -0.15) is 5.26 Å². The predicted molar refractivity (Wildman–Crippen MR) is 176 cm³/mol. The van der Waals surface area contributed by atoms with Crippen LogP contribution in [0.5, 0.6) is 23.0 Å². The Balaban J connectivity index is 1.56. The van der Waals surface area contributed by atoms with Gasteiger partial charge >= 0.3 is 5.97 Å². The molecule has 0 saturated heterocycles. The van der Waals surface area contributed by atoms with Crippen LogP contribution in [0.15, 0.2) is 80.6 Å². The Labute approximate surface area is 277 Å². The number of aromatic nitrogens is 1. The van der Waals surface area contributed by atoms with E-state index in [1.54, 1.807) is 42.5 Å². The van der Waals surface area contributed by atoms with E-state index in [1.807, 2.05) is 32.0 Å². The lowest BCUT2D eigenvalue weighted by molar-refractivity contribution is -0.136. The van der Waals surface area contributed by atoms with Crippen molar-refractivity contribution in [2.75, 3.05) is 27.4 Å². The van der Waals surface area contributed by atoms with Crippen molar-refractivity contribution in [1.29, 1.82) is 5.26 Å². The van der Waals surface area contributed by atoms with Gasteiger partial charge in [-0.1, -0.05) is 35.6 Å². The van der Waals surface area contributed by atoms with Crippen LogP contribution in [-0.2, 0) is 16.1 Å². The third kappa shape index (κ3) is 6.56. The molecule has 0 unspecified atom stereocenters. The molecule has 0 spiro atoms. The normalized spacial score (nSPS) is 14.0. The number of carbonyl (C=O) groups is 1. The van der Waals surface area contributed by atoms with Gasteiger partial charge in [0.2, 0.25) is 0 Å². The Morgan fingerprint density at radius 2 is 1.80 bits per heavy atom. The molecule has 5 rings (SSSR count). The number of halogens is 1. The van der Waals surface area contributed by atoms with Gasteiger partial charge in [0.25, 0.3) is 5.56 Å². The van der Waals surface area contributed by atoms with Crippen molar-refractivity contribution < 1.29 is 28.5 Å². The molecule has 4 aromatic rings. The molecule has 3 aromatic carbocycles. The quantitative estimate of drug-likeness (QED) is 0.199. The Morgan fingerprint density at radius 1 is 1.04 bits per heavy atom. The van der Waals surface area contributed by atoms with Crippen LogP contribution in [0.1, 0.15) is 42.1 Å². The molecule has 0 saturated carbocycles. The van der Waals surface area contributed by atoms with Crippen LogP contribution in [0.25, 0.3) is 6.08 Å². The second-order valence-electron chi connectivity index (χ2n) is 9.84. The Hall–Kier alpha value is -4.86. The molecule has 0 N–H and O–H groups in total. The van der Waals surface area contributed by atoms with Gasteiger partial charge in [0, 0.05) is 11.8 Å². The largest absolute Gasteiger partial charge is 0.493 e. The summed E-state index contributed by atoms with van der Waals surface area (Å²) in [5.74, 6) is 1.35. The molecule has 0 aliphatic carbocycles. The maximum Gasteiger partial charge on any atom is 0.337 e. The van der Waals surface area contributed by atoms with Crippen LogP contribution in [0.2, 0.25) is 0 Å². The summed E-state index contributed by atoms with van der Waals surface area (Å²) >= 11 is 4.77. The third-order valence-electron chi connectivity index (χ3n) is 7.07. The maximum absolute atomic E-state index is 14.0. The van der Waals surface area contributed by atoms with Crippen molar-refractivity contribution in [1.82, 2.24) is 4.57 Å². The highest BCUT2D eigenvalue weighted by molar-refractivity contribution is 9.10. The average Bonchev–Trinajstić information content (AvgIpc) is 3.38. The first-order chi connectivity index (χ1) is 22.3. The number of nitrogens with zero attached hydrogens (tertiary/aromatic N) is 3. The Morgan fingerprint density at radius 3 is 2.52 bits per heavy atom. The summed E-state index contributed by atoms with van der Waals surface area (Å²) in [5.41, 5.74) is 2.44. The number of ether oxygens (including phenoxy) is 5. The van der Waals surface area contributed by atoms with E-state index in [4.69, 9.17) is 23.7 Å². The number of methoxy groups -OCH3 is 2. The van der Waals surface area contributed by atoms with Crippen LogP contribution in [-0.4, -0.2) is 38.0 Å². The summed E-state index contributed by atoms with van der Waals surface area (Å²) in [7, 11) is 2.81. The molecular formula is C34H30BrN3O7S. The fraction of sp³-hybridized carbons (Fsp3) is 0.235. The molecular weight excluding hydrogens is 674 g/mol. The molecule has 0 fully saturated rings. The highest BCUT2D eigenvalue weighted by atomic mass is 79.9. The number of thiazole rings is 1. The number of fused-ring (bicyclic) bond motifs is 1. The molecule has 0 bridgehead atoms. The van der Waals surface area contributed by atoms with E-state index >= 15 is 0 Å². The molecule has 1 aliphatic heterocycles. The van der Waals surface area contributed by atoms with Crippen LogP contribution >= 0.6 is 27.3 Å². The second kappa shape index (κ2) is 14.5. The smallest absolute Gasteiger partial charge is 0.337 e. The fourth-order valence-electron chi connectivity index (χ4n) is 5.01. The first-order valence-electron chi connectivity index (χ1n) is 14.3. The van der Waals surface area contributed by atoms with Crippen molar-refractivity contribution in [3.8, 4) is 29.1 Å². The molecule has 2 heterocycles. The zero-order chi connectivity index (χ0) is 32.8. The molecule has 1 aliphatic rings. The van der Waals surface area contributed by atoms with Gasteiger partial charge in [-0.3, -0.25) is 9.36 Å². The van der Waals surface area contributed by atoms with Gasteiger partial charge < -0.3 is 23.7 Å². The zero-order valence-corrected chi connectivity index (χ0v) is 27.9. The van der Waals surface area contributed by atoms with Crippen molar-refractivity contribution in [2.45, 2.75) is 26.5 Å². The number of hydrogen-bond donors (Lipinski definition) is 0. The van der Waals surface area contributed by atoms with Crippen molar-refractivity contribution >= 4 is 39.3 Å². The summed E-state index contributed by atoms with van der Waals surface area (Å²) in [4.78, 5) is 31.8. The van der Waals surface area contributed by atoms with Gasteiger partial charge in [-0.05, 0) is 77.3 Å². The van der Waals surface area contributed by atoms with Gasteiger partial charge in [-0.15, -0.1) is 0 Å². The molecule has 1 atom stereocenters. The number of esters is 1. The Bertz CT molecular complexity index is 2040. The first kappa shape index (κ1) is 32.5. The summed E-state index contributed by atoms with van der Waals surface area (Å²) in [6, 6.07) is 17.5.